The second kappa shape index (κ2) is 9.94. The van der Waals surface area contributed by atoms with Crippen LogP contribution in [0.1, 0.15) is 36.2 Å². The molecule has 0 bridgehead atoms. The predicted molar refractivity (Wildman–Crippen MR) is 128 cm³/mol. The molecule has 33 heavy (non-hydrogen) atoms. The summed E-state index contributed by atoms with van der Waals surface area (Å²) < 4.78 is 0. The van der Waals surface area contributed by atoms with Crippen LogP contribution in [0.3, 0.4) is 0 Å². The largest absolute Gasteiger partial charge is 0.343 e. The van der Waals surface area contributed by atoms with Gasteiger partial charge < -0.3 is 9.80 Å². The van der Waals surface area contributed by atoms with Crippen molar-refractivity contribution in [3.63, 3.8) is 0 Å². The minimum atomic E-state index is -0.637. The topological polar surface area (TPSA) is 66.4 Å². The summed E-state index contributed by atoms with van der Waals surface area (Å²) in [5, 5.41) is 0. The molecule has 6 heteroatoms. The maximum Gasteiger partial charge on any atom is 0.253 e. The summed E-state index contributed by atoms with van der Waals surface area (Å²) in [6.45, 7) is 6.31. The van der Waals surface area contributed by atoms with Crippen LogP contribution in [-0.4, -0.2) is 57.8 Å². The van der Waals surface area contributed by atoms with Crippen molar-refractivity contribution >= 4 is 11.8 Å². The molecule has 3 heterocycles. The van der Waals surface area contributed by atoms with Crippen molar-refractivity contribution in [2.75, 3.05) is 26.2 Å². The molecule has 1 unspecified atom stereocenters. The van der Waals surface area contributed by atoms with Gasteiger partial charge in [0.05, 0.1) is 5.41 Å². The zero-order valence-corrected chi connectivity index (χ0v) is 19.3. The van der Waals surface area contributed by atoms with Gasteiger partial charge in [0.15, 0.2) is 0 Å². The number of nitrogens with zero attached hydrogens (tertiary/aromatic N) is 4. The summed E-state index contributed by atoms with van der Waals surface area (Å²) in [7, 11) is 0. The Balaban J connectivity index is 1.64. The van der Waals surface area contributed by atoms with Gasteiger partial charge in [-0.3, -0.25) is 19.6 Å². The third-order valence-electron chi connectivity index (χ3n) is 6.54. The Morgan fingerprint density at radius 3 is 2.42 bits per heavy atom. The first-order chi connectivity index (χ1) is 16.1. The monoisotopic (exact) mass is 442 g/mol. The van der Waals surface area contributed by atoms with Crippen LogP contribution in [0.15, 0.2) is 73.3 Å². The Morgan fingerprint density at radius 2 is 1.73 bits per heavy atom. The lowest BCUT2D eigenvalue weighted by Gasteiger charge is -2.34. The second-order valence-electron chi connectivity index (χ2n) is 8.59. The van der Waals surface area contributed by atoms with E-state index in [1.54, 1.807) is 30.7 Å². The molecule has 1 fully saturated rings. The van der Waals surface area contributed by atoms with E-state index in [1.807, 2.05) is 48.0 Å². The molecular weight excluding hydrogens is 412 g/mol. The molecule has 1 atom stereocenters. The van der Waals surface area contributed by atoms with Crippen LogP contribution in [0, 0.1) is 5.41 Å². The number of benzene rings is 1. The van der Waals surface area contributed by atoms with Gasteiger partial charge in [-0.15, -0.1) is 0 Å². The van der Waals surface area contributed by atoms with Gasteiger partial charge in [-0.25, -0.2) is 0 Å². The van der Waals surface area contributed by atoms with Crippen molar-refractivity contribution < 1.29 is 9.59 Å². The minimum Gasteiger partial charge on any atom is -0.343 e. The summed E-state index contributed by atoms with van der Waals surface area (Å²) in [6, 6.07) is 15.7. The fraction of sp³-hybridized carbons (Fsp3) is 0.333. The maximum atomic E-state index is 13.8. The number of amides is 2. The summed E-state index contributed by atoms with van der Waals surface area (Å²) in [5.41, 5.74) is 3.19. The number of pyridine rings is 2. The lowest BCUT2D eigenvalue weighted by Crippen LogP contribution is -2.47. The quantitative estimate of drug-likeness (QED) is 0.553. The molecule has 2 amide bonds. The highest BCUT2D eigenvalue weighted by Crippen LogP contribution is 2.37. The molecule has 170 valence electrons. The highest BCUT2D eigenvalue weighted by molar-refractivity contribution is 5.95. The molecule has 1 saturated heterocycles. The van der Waals surface area contributed by atoms with Crippen LogP contribution in [-0.2, 0) is 11.2 Å². The zero-order valence-electron chi connectivity index (χ0n) is 19.3. The molecule has 0 N–H and O–H groups in total. The first-order valence-corrected chi connectivity index (χ1v) is 11.5. The number of hydrogen-bond acceptors (Lipinski definition) is 4. The standard InChI is InChI=1S/C27H30N4O2/c1-3-30(4-2)26(33)27(12-16-31(20-27)25(32)22-10-14-28-15-11-22)18-21-7-5-8-23(17-21)24-9-6-13-29-19-24/h5-11,13-15,17,19H,3-4,12,16,18,20H2,1-2H3. The average Bonchev–Trinajstić information content (AvgIpc) is 3.30. The number of likely N-dealkylation sites (tertiary alicyclic amines) is 1. The Morgan fingerprint density at radius 1 is 0.970 bits per heavy atom. The lowest BCUT2D eigenvalue weighted by atomic mass is 9.79. The molecule has 6 nitrogen and oxygen atoms in total. The number of carbonyl (C=O) groups is 2. The Bertz CT molecular complexity index is 1100. The van der Waals surface area contributed by atoms with Crippen LogP contribution in [0.25, 0.3) is 11.1 Å². The Kier molecular flexibility index (Phi) is 6.82. The molecule has 4 rings (SSSR count). The van der Waals surface area contributed by atoms with E-state index in [4.69, 9.17) is 0 Å². The maximum absolute atomic E-state index is 13.8. The van der Waals surface area contributed by atoms with Crippen LogP contribution in [0.5, 0.6) is 0 Å². The van der Waals surface area contributed by atoms with Crippen molar-refractivity contribution in [3.05, 3.63) is 84.4 Å². The molecule has 1 aliphatic heterocycles. The summed E-state index contributed by atoms with van der Waals surface area (Å²) in [5.74, 6) is 0.0834. The number of hydrogen-bond donors (Lipinski definition) is 0. The first kappa shape index (κ1) is 22.6. The molecule has 3 aromatic rings. The van der Waals surface area contributed by atoms with Gasteiger partial charge in [-0.2, -0.15) is 0 Å². The van der Waals surface area contributed by atoms with Crippen LogP contribution < -0.4 is 0 Å². The van der Waals surface area contributed by atoms with Crippen molar-refractivity contribution in [1.82, 2.24) is 19.8 Å². The van der Waals surface area contributed by atoms with Gasteiger partial charge in [0.25, 0.3) is 5.91 Å². The van der Waals surface area contributed by atoms with Crippen molar-refractivity contribution in [2.45, 2.75) is 26.7 Å². The van der Waals surface area contributed by atoms with Gasteiger partial charge in [0.1, 0.15) is 0 Å². The summed E-state index contributed by atoms with van der Waals surface area (Å²) >= 11 is 0. The third kappa shape index (κ3) is 4.80. The van der Waals surface area contributed by atoms with Gasteiger partial charge in [-0.05, 0) is 61.6 Å². The molecule has 1 aromatic carbocycles. The molecular formula is C27H30N4O2. The van der Waals surface area contributed by atoms with Gasteiger partial charge in [0.2, 0.25) is 5.91 Å². The molecule has 0 saturated carbocycles. The first-order valence-electron chi connectivity index (χ1n) is 11.5. The summed E-state index contributed by atoms with van der Waals surface area (Å²) in [4.78, 5) is 38.8. The van der Waals surface area contributed by atoms with Crippen molar-refractivity contribution in [3.8, 4) is 11.1 Å². The third-order valence-corrected chi connectivity index (χ3v) is 6.54. The Hall–Kier alpha value is -3.54. The zero-order chi connectivity index (χ0) is 23.3. The molecule has 2 aromatic heterocycles. The molecule has 1 aliphatic rings. The number of carbonyl (C=O) groups excluding carboxylic acids is 2. The second-order valence-corrected chi connectivity index (χ2v) is 8.59. The SMILES string of the molecule is CCN(CC)C(=O)C1(Cc2cccc(-c3cccnc3)c2)CCN(C(=O)c2ccncc2)C1. The molecule has 0 aliphatic carbocycles. The van der Waals surface area contributed by atoms with E-state index >= 15 is 0 Å². The van der Waals surface area contributed by atoms with E-state index in [1.165, 1.54) is 0 Å². The highest BCUT2D eigenvalue weighted by Gasteiger charge is 2.47. The van der Waals surface area contributed by atoms with Crippen LogP contribution in [0.4, 0.5) is 0 Å². The summed E-state index contributed by atoms with van der Waals surface area (Å²) in [6.07, 6.45) is 8.11. The van der Waals surface area contributed by atoms with E-state index in [-0.39, 0.29) is 11.8 Å². The predicted octanol–water partition coefficient (Wildman–Crippen LogP) is 4.09. The molecule has 0 spiro atoms. The van der Waals surface area contributed by atoms with Gasteiger partial charge in [0, 0.05) is 56.5 Å². The molecule has 0 radical (unpaired) electrons. The van der Waals surface area contributed by atoms with E-state index in [0.717, 1.165) is 16.7 Å². The van der Waals surface area contributed by atoms with E-state index in [2.05, 4.69) is 28.2 Å². The average molecular weight is 443 g/mol. The van der Waals surface area contributed by atoms with Crippen LogP contribution in [0.2, 0.25) is 0 Å². The van der Waals surface area contributed by atoms with Gasteiger partial charge >= 0.3 is 0 Å². The highest BCUT2D eigenvalue weighted by atomic mass is 16.2. The van der Waals surface area contributed by atoms with E-state index in [0.29, 0.717) is 44.6 Å². The normalized spacial score (nSPS) is 17.7. The smallest absolute Gasteiger partial charge is 0.253 e. The number of aromatic nitrogens is 2. The fourth-order valence-electron chi connectivity index (χ4n) is 4.75. The number of rotatable bonds is 7. The van der Waals surface area contributed by atoms with E-state index in [9.17, 15) is 9.59 Å². The van der Waals surface area contributed by atoms with Crippen molar-refractivity contribution in [1.29, 1.82) is 0 Å². The minimum absolute atomic E-state index is 0.0456. The Labute approximate surface area is 195 Å². The van der Waals surface area contributed by atoms with Crippen LogP contribution >= 0.6 is 0 Å². The lowest BCUT2D eigenvalue weighted by molar-refractivity contribution is -0.141. The van der Waals surface area contributed by atoms with Gasteiger partial charge in [-0.1, -0.05) is 30.3 Å². The van der Waals surface area contributed by atoms with Crippen molar-refractivity contribution in [2.24, 2.45) is 5.41 Å². The van der Waals surface area contributed by atoms with E-state index < -0.39 is 5.41 Å². The fourth-order valence-corrected chi connectivity index (χ4v) is 4.75.